The van der Waals surface area contributed by atoms with E-state index in [9.17, 15) is 0 Å². The molecule has 3 aromatic heterocycles. The highest BCUT2D eigenvalue weighted by atomic mass is 15.1. The van der Waals surface area contributed by atoms with E-state index in [0.29, 0.717) is 5.82 Å². The van der Waals surface area contributed by atoms with Gasteiger partial charge in [0.1, 0.15) is 12.1 Å². The molecule has 3 rings (SSSR count). The van der Waals surface area contributed by atoms with E-state index in [1.165, 1.54) is 6.33 Å². The maximum Gasteiger partial charge on any atom is 0.132 e. The third-order valence-electron chi connectivity index (χ3n) is 2.58. The van der Waals surface area contributed by atoms with Crippen LogP contribution in [0.5, 0.6) is 0 Å². The van der Waals surface area contributed by atoms with E-state index in [4.69, 9.17) is 5.73 Å². The maximum atomic E-state index is 5.88. The quantitative estimate of drug-likeness (QED) is 0.727. The smallest absolute Gasteiger partial charge is 0.132 e. The van der Waals surface area contributed by atoms with E-state index in [1.807, 2.05) is 16.7 Å². The zero-order chi connectivity index (χ0) is 12.4. The Morgan fingerprint density at radius 2 is 1.89 bits per heavy atom. The first-order chi connectivity index (χ1) is 8.86. The lowest BCUT2D eigenvalue weighted by atomic mass is 10.2. The number of aromatic nitrogens is 5. The topological polar surface area (TPSA) is 82.5 Å². The van der Waals surface area contributed by atoms with Crippen LogP contribution in [0.15, 0.2) is 49.6 Å². The van der Waals surface area contributed by atoms with Gasteiger partial charge in [-0.15, -0.1) is 0 Å². The molecule has 0 aliphatic heterocycles. The molecule has 3 aromatic rings. The molecule has 0 saturated heterocycles. The van der Waals surface area contributed by atoms with Gasteiger partial charge in [-0.05, 0) is 12.1 Å². The fourth-order valence-corrected chi connectivity index (χ4v) is 1.75. The number of anilines is 1. The third-order valence-corrected chi connectivity index (χ3v) is 2.58. The zero-order valence-corrected chi connectivity index (χ0v) is 9.43. The van der Waals surface area contributed by atoms with Crippen molar-refractivity contribution in [2.45, 2.75) is 0 Å². The summed E-state index contributed by atoms with van der Waals surface area (Å²) in [6.45, 7) is 0. The number of pyridine rings is 1. The van der Waals surface area contributed by atoms with Crippen molar-refractivity contribution in [3.63, 3.8) is 0 Å². The van der Waals surface area contributed by atoms with E-state index in [2.05, 4.69) is 19.9 Å². The zero-order valence-electron chi connectivity index (χ0n) is 9.43. The highest BCUT2D eigenvalue weighted by Crippen LogP contribution is 2.25. The fraction of sp³-hybridized carbons (Fsp3) is 0. The second kappa shape index (κ2) is 4.25. The van der Waals surface area contributed by atoms with Crippen LogP contribution in [0.1, 0.15) is 0 Å². The van der Waals surface area contributed by atoms with Gasteiger partial charge in [0.2, 0.25) is 0 Å². The number of imidazole rings is 1. The maximum absolute atomic E-state index is 5.88. The molecule has 18 heavy (non-hydrogen) atoms. The monoisotopic (exact) mass is 238 g/mol. The van der Waals surface area contributed by atoms with Crippen molar-refractivity contribution < 1.29 is 0 Å². The van der Waals surface area contributed by atoms with Crippen LogP contribution in [0, 0.1) is 0 Å². The molecule has 0 amide bonds. The van der Waals surface area contributed by atoms with Crippen LogP contribution in [0.25, 0.3) is 16.9 Å². The summed E-state index contributed by atoms with van der Waals surface area (Å²) < 4.78 is 1.87. The van der Waals surface area contributed by atoms with E-state index in [1.54, 1.807) is 31.1 Å². The number of rotatable bonds is 2. The predicted molar refractivity (Wildman–Crippen MR) is 66.8 cm³/mol. The highest BCUT2D eigenvalue weighted by molar-refractivity contribution is 5.71. The summed E-state index contributed by atoms with van der Waals surface area (Å²) in [6, 6.07) is 3.74. The second-order valence-electron chi connectivity index (χ2n) is 3.68. The predicted octanol–water partition coefficient (Wildman–Crippen LogP) is 1.31. The van der Waals surface area contributed by atoms with Crippen molar-refractivity contribution in [1.29, 1.82) is 0 Å². The minimum Gasteiger partial charge on any atom is -0.383 e. The largest absolute Gasteiger partial charge is 0.383 e. The molecule has 0 spiro atoms. The van der Waals surface area contributed by atoms with Crippen molar-refractivity contribution >= 4 is 5.82 Å². The Balaban J connectivity index is 2.16. The van der Waals surface area contributed by atoms with Gasteiger partial charge >= 0.3 is 0 Å². The van der Waals surface area contributed by atoms with Crippen molar-refractivity contribution in [2.75, 3.05) is 5.73 Å². The van der Waals surface area contributed by atoms with Crippen molar-refractivity contribution in [1.82, 2.24) is 24.5 Å². The molecular formula is C12H10N6. The SMILES string of the molecule is Nc1ncccc1-c1cncn1-c1cncnc1. The van der Waals surface area contributed by atoms with Crippen LogP contribution < -0.4 is 5.73 Å². The number of nitrogens with zero attached hydrogens (tertiary/aromatic N) is 5. The van der Waals surface area contributed by atoms with E-state index >= 15 is 0 Å². The van der Waals surface area contributed by atoms with Gasteiger partial charge in [-0.1, -0.05) is 0 Å². The Morgan fingerprint density at radius 3 is 2.67 bits per heavy atom. The molecule has 0 saturated carbocycles. The average molecular weight is 238 g/mol. The summed E-state index contributed by atoms with van der Waals surface area (Å²) >= 11 is 0. The third kappa shape index (κ3) is 1.69. The van der Waals surface area contributed by atoms with Gasteiger partial charge in [-0.3, -0.25) is 4.57 Å². The number of hydrogen-bond acceptors (Lipinski definition) is 5. The van der Waals surface area contributed by atoms with E-state index < -0.39 is 0 Å². The lowest BCUT2D eigenvalue weighted by molar-refractivity contribution is 1.01. The van der Waals surface area contributed by atoms with Crippen LogP contribution in [0.2, 0.25) is 0 Å². The van der Waals surface area contributed by atoms with Crippen LogP contribution in [-0.2, 0) is 0 Å². The Labute approximate surface area is 103 Å². The molecular weight excluding hydrogens is 228 g/mol. The van der Waals surface area contributed by atoms with Gasteiger partial charge in [0.25, 0.3) is 0 Å². The molecule has 2 N–H and O–H groups in total. The molecule has 6 heteroatoms. The molecule has 0 fully saturated rings. The van der Waals surface area contributed by atoms with Crippen LogP contribution in [0.3, 0.4) is 0 Å². The second-order valence-corrected chi connectivity index (χ2v) is 3.68. The summed E-state index contributed by atoms with van der Waals surface area (Å²) in [4.78, 5) is 16.2. The summed E-state index contributed by atoms with van der Waals surface area (Å²) in [6.07, 6.45) is 10.0. The lowest BCUT2D eigenvalue weighted by Crippen LogP contribution is -2.00. The number of hydrogen-bond donors (Lipinski definition) is 1. The van der Waals surface area contributed by atoms with Gasteiger partial charge in [0.15, 0.2) is 0 Å². The summed E-state index contributed by atoms with van der Waals surface area (Å²) in [7, 11) is 0. The normalized spacial score (nSPS) is 10.4. The first-order valence-corrected chi connectivity index (χ1v) is 5.35. The molecule has 0 aliphatic rings. The molecule has 6 nitrogen and oxygen atoms in total. The Morgan fingerprint density at radius 1 is 1.06 bits per heavy atom. The first-order valence-electron chi connectivity index (χ1n) is 5.35. The van der Waals surface area contributed by atoms with Gasteiger partial charge in [-0.25, -0.2) is 19.9 Å². The lowest BCUT2D eigenvalue weighted by Gasteiger charge is -2.08. The fourth-order valence-electron chi connectivity index (χ4n) is 1.75. The summed E-state index contributed by atoms with van der Waals surface area (Å²) in [5.41, 5.74) is 8.39. The Kier molecular flexibility index (Phi) is 2.45. The van der Waals surface area contributed by atoms with Crippen molar-refractivity contribution in [3.05, 3.63) is 49.6 Å². The van der Waals surface area contributed by atoms with Gasteiger partial charge < -0.3 is 5.73 Å². The molecule has 0 bridgehead atoms. The molecule has 0 unspecified atom stereocenters. The molecule has 0 radical (unpaired) electrons. The highest BCUT2D eigenvalue weighted by Gasteiger charge is 2.10. The molecule has 0 aliphatic carbocycles. The van der Waals surface area contributed by atoms with Crippen LogP contribution in [-0.4, -0.2) is 24.5 Å². The molecule has 0 aromatic carbocycles. The van der Waals surface area contributed by atoms with Gasteiger partial charge in [0.05, 0.1) is 36.3 Å². The first kappa shape index (κ1) is 10.4. The van der Waals surface area contributed by atoms with E-state index in [-0.39, 0.29) is 0 Å². The minimum absolute atomic E-state index is 0.469. The standard InChI is InChI=1S/C12H10N6/c13-12-10(2-1-3-17-12)11-6-16-8-18(11)9-4-14-7-15-5-9/h1-8H,(H2,13,17). The average Bonchev–Trinajstić information content (AvgIpc) is 2.89. The van der Waals surface area contributed by atoms with Crippen molar-refractivity contribution in [3.8, 4) is 16.9 Å². The number of nitrogens with two attached hydrogens (primary N) is 1. The molecule has 0 atom stereocenters. The van der Waals surface area contributed by atoms with Crippen LogP contribution in [0.4, 0.5) is 5.82 Å². The van der Waals surface area contributed by atoms with Crippen LogP contribution >= 0.6 is 0 Å². The molecule has 3 heterocycles. The van der Waals surface area contributed by atoms with Gasteiger partial charge in [0, 0.05) is 11.8 Å². The summed E-state index contributed by atoms with van der Waals surface area (Å²) in [5, 5.41) is 0. The Hall–Kier alpha value is -2.76. The summed E-state index contributed by atoms with van der Waals surface area (Å²) in [5.74, 6) is 0.469. The van der Waals surface area contributed by atoms with E-state index in [0.717, 1.165) is 16.9 Å². The minimum atomic E-state index is 0.469. The molecule has 88 valence electrons. The number of nitrogen functional groups attached to an aromatic ring is 1. The van der Waals surface area contributed by atoms with Crippen molar-refractivity contribution in [2.24, 2.45) is 0 Å². The Bertz CT molecular complexity index is 661. The van der Waals surface area contributed by atoms with Gasteiger partial charge in [-0.2, -0.15) is 0 Å².